The number of halogens is 2. The topological polar surface area (TPSA) is 21.3 Å². The standard InChI is InChI=1S/C13H19F2NO/c1-2-16-9-4-3-5-10-17-12-8-6-7-11(14)13(12)15/h6-8,16H,2-5,9-10H2,1H3. The Morgan fingerprint density at radius 3 is 2.76 bits per heavy atom. The molecule has 17 heavy (non-hydrogen) atoms. The summed E-state index contributed by atoms with van der Waals surface area (Å²) in [5.74, 6) is -1.77. The van der Waals surface area contributed by atoms with Gasteiger partial charge in [0, 0.05) is 0 Å². The molecule has 0 fully saturated rings. The first-order valence-corrected chi connectivity index (χ1v) is 6.03. The van der Waals surface area contributed by atoms with Gasteiger partial charge in [0.1, 0.15) is 0 Å². The van der Waals surface area contributed by atoms with E-state index in [-0.39, 0.29) is 5.75 Å². The van der Waals surface area contributed by atoms with E-state index < -0.39 is 11.6 Å². The van der Waals surface area contributed by atoms with Gasteiger partial charge in [0.05, 0.1) is 6.61 Å². The van der Waals surface area contributed by atoms with Crippen LogP contribution in [0.1, 0.15) is 26.2 Å². The lowest BCUT2D eigenvalue weighted by Gasteiger charge is -2.07. The lowest BCUT2D eigenvalue weighted by Crippen LogP contribution is -2.14. The van der Waals surface area contributed by atoms with E-state index in [1.807, 2.05) is 0 Å². The molecule has 1 aromatic carbocycles. The van der Waals surface area contributed by atoms with Crippen molar-refractivity contribution < 1.29 is 13.5 Å². The quantitative estimate of drug-likeness (QED) is 0.708. The molecule has 4 heteroatoms. The lowest BCUT2D eigenvalue weighted by atomic mass is 10.2. The Balaban J connectivity index is 2.16. The Morgan fingerprint density at radius 1 is 1.18 bits per heavy atom. The van der Waals surface area contributed by atoms with Gasteiger partial charge in [-0.2, -0.15) is 4.39 Å². The molecule has 0 amide bonds. The summed E-state index contributed by atoms with van der Waals surface area (Å²) < 4.78 is 31.2. The molecule has 0 radical (unpaired) electrons. The predicted octanol–water partition coefficient (Wildman–Crippen LogP) is 3.12. The Bertz CT molecular complexity index is 331. The summed E-state index contributed by atoms with van der Waals surface area (Å²) in [7, 11) is 0. The van der Waals surface area contributed by atoms with Crippen molar-refractivity contribution >= 4 is 0 Å². The maximum Gasteiger partial charge on any atom is 0.200 e. The number of nitrogens with one attached hydrogen (secondary N) is 1. The average molecular weight is 243 g/mol. The van der Waals surface area contributed by atoms with Gasteiger partial charge in [-0.1, -0.05) is 13.0 Å². The van der Waals surface area contributed by atoms with E-state index >= 15 is 0 Å². The second kappa shape index (κ2) is 8.01. The molecule has 0 aliphatic rings. The van der Waals surface area contributed by atoms with Gasteiger partial charge < -0.3 is 10.1 Å². The summed E-state index contributed by atoms with van der Waals surface area (Å²) >= 11 is 0. The largest absolute Gasteiger partial charge is 0.490 e. The fourth-order valence-corrected chi connectivity index (χ4v) is 1.48. The zero-order valence-corrected chi connectivity index (χ0v) is 10.1. The van der Waals surface area contributed by atoms with E-state index in [4.69, 9.17) is 4.74 Å². The molecule has 2 nitrogen and oxygen atoms in total. The first-order valence-electron chi connectivity index (χ1n) is 6.03. The van der Waals surface area contributed by atoms with E-state index in [9.17, 15) is 8.78 Å². The average Bonchev–Trinajstić information content (AvgIpc) is 2.33. The van der Waals surface area contributed by atoms with Crippen molar-refractivity contribution in [1.29, 1.82) is 0 Å². The van der Waals surface area contributed by atoms with Gasteiger partial charge in [-0.05, 0) is 44.5 Å². The van der Waals surface area contributed by atoms with Crippen molar-refractivity contribution in [1.82, 2.24) is 5.32 Å². The minimum Gasteiger partial charge on any atom is -0.490 e. The van der Waals surface area contributed by atoms with Gasteiger partial charge in [-0.15, -0.1) is 0 Å². The summed E-state index contributed by atoms with van der Waals surface area (Å²) in [5.41, 5.74) is 0. The molecular formula is C13H19F2NO. The molecule has 0 heterocycles. The third kappa shape index (κ3) is 5.13. The maximum absolute atomic E-state index is 13.2. The van der Waals surface area contributed by atoms with E-state index in [1.54, 1.807) is 0 Å². The van der Waals surface area contributed by atoms with Crippen LogP contribution < -0.4 is 10.1 Å². The SMILES string of the molecule is CCNCCCCCOc1cccc(F)c1F. The Morgan fingerprint density at radius 2 is 2.00 bits per heavy atom. The van der Waals surface area contributed by atoms with Crippen molar-refractivity contribution in [3.63, 3.8) is 0 Å². The number of ether oxygens (including phenoxy) is 1. The zero-order valence-electron chi connectivity index (χ0n) is 10.1. The van der Waals surface area contributed by atoms with Crippen LogP contribution in [0, 0.1) is 11.6 Å². The molecule has 0 aromatic heterocycles. The second-order valence-corrected chi connectivity index (χ2v) is 3.81. The molecular weight excluding hydrogens is 224 g/mol. The number of rotatable bonds is 8. The lowest BCUT2D eigenvalue weighted by molar-refractivity contribution is 0.285. The second-order valence-electron chi connectivity index (χ2n) is 3.81. The van der Waals surface area contributed by atoms with Crippen molar-refractivity contribution in [2.75, 3.05) is 19.7 Å². The fourth-order valence-electron chi connectivity index (χ4n) is 1.48. The summed E-state index contributed by atoms with van der Waals surface area (Å²) in [6, 6.07) is 3.97. The first kappa shape index (κ1) is 13.9. The van der Waals surface area contributed by atoms with Crippen molar-refractivity contribution in [2.24, 2.45) is 0 Å². The summed E-state index contributed by atoms with van der Waals surface area (Å²) in [4.78, 5) is 0. The van der Waals surface area contributed by atoms with Crippen LogP contribution in [0.4, 0.5) is 8.78 Å². The molecule has 0 spiro atoms. The molecule has 0 aliphatic heterocycles. The highest BCUT2D eigenvalue weighted by Gasteiger charge is 2.07. The number of hydrogen-bond acceptors (Lipinski definition) is 2. The molecule has 0 saturated carbocycles. The molecule has 1 N–H and O–H groups in total. The van der Waals surface area contributed by atoms with E-state index in [0.717, 1.165) is 38.4 Å². The Labute approximate surface area is 101 Å². The molecule has 0 saturated heterocycles. The highest BCUT2D eigenvalue weighted by molar-refractivity contribution is 5.24. The minimum atomic E-state index is -0.903. The zero-order chi connectivity index (χ0) is 12.5. The Kier molecular flexibility index (Phi) is 6.55. The highest BCUT2D eigenvalue weighted by atomic mass is 19.2. The van der Waals surface area contributed by atoms with Crippen LogP contribution in [0.3, 0.4) is 0 Å². The van der Waals surface area contributed by atoms with Crippen LogP contribution in [0.5, 0.6) is 5.75 Å². The minimum absolute atomic E-state index is 0.00307. The molecule has 0 unspecified atom stereocenters. The van der Waals surface area contributed by atoms with Crippen LogP contribution in [-0.4, -0.2) is 19.7 Å². The van der Waals surface area contributed by atoms with Gasteiger partial charge >= 0.3 is 0 Å². The Hall–Kier alpha value is -1.16. The van der Waals surface area contributed by atoms with E-state index in [0.29, 0.717) is 6.61 Å². The number of unbranched alkanes of at least 4 members (excludes halogenated alkanes) is 2. The normalized spacial score (nSPS) is 10.5. The fraction of sp³-hybridized carbons (Fsp3) is 0.538. The highest BCUT2D eigenvalue weighted by Crippen LogP contribution is 2.19. The summed E-state index contributed by atoms with van der Waals surface area (Å²) in [5, 5.41) is 3.22. The predicted molar refractivity (Wildman–Crippen MR) is 64.2 cm³/mol. The van der Waals surface area contributed by atoms with Gasteiger partial charge in [0.25, 0.3) is 0 Å². The van der Waals surface area contributed by atoms with Gasteiger partial charge in [-0.3, -0.25) is 0 Å². The molecule has 0 aliphatic carbocycles. The smallest absolute Gasteiger partial charge is 0.200 e. The molecule has 1 rings (SSSR count). The van der Waals surface area contributed by atoms with E-state index in [1.165, 1.54) is 12.1 Å². The number of hydrogen-bond donors (Lipinski definition) is 1. The van der Waals surface area contributed by atoms with Crippen molar-refractivity contribution in [3.8, 4) is 5.75 Å². The van der Waals surface area contributed by atoms with Crippen LogP contribution in [-0.2, 0) is 0 Å². The van der Waals surface area contributed by atoms with Crippen LogP contribution >= 0.6 is 0 Å². The monoisotopic (exact) mass is 243 g/mol. The third-order valence-corrected chi connectivity index (χ3v) is 2.42. The van der Waals surface area contributed by atoms with Gasteiger partial charge in [0.15, 0.2) is 11.6 Å². The third-order valence-electron chi connectivity index (χ3n) is 2.42. The van der Waals surface area contributed by atoms with Crippen LogP contribution in [0.25, 0.3) is 0 Å². The van der Waals surface area contributed by atoms with Gasteiger partial charge in [-0.25, -0.2) is 4.39 Å². The molecule has 0 atom stereocenters. The van der Waals surface area contributed by atoms with Gasteiger partial charge in [0.2, 0.25) is 5.82 Å². The van der Waals surface area contributed by atoms with Crippen LogP contribution in [0.15, 0.2) is 18.2 Å². The molecule has 96 valence electrons. The van der Waals surface area contributed by atoms with Crippen molar-refractivity contribution in [3.05, 3.63) is 29.8 Å². The van der Waals surface area contributed by atoms with Crippen LogP contribution in [0.2, 0.25) is 0 Å². The maximum atomic E-state index is 13.2. The first-order chi connectivity index (χ1) is 8.25. The number of benzene rings is 1. The molecule has 1 aromatic rings. The van der Waals surface area contributed by atoms with Crippen molar-refractivity contribution in [2.45, 2.75) is 26.2 Å². The molecule has 0 bridgehead atoms. The summed E-state index contributed by atoms with van der Waals surface area (Å²) in [6.07, 6.45) is 2.94. The summed E-state index contributed by atoms with van der Waals surface area (Å²) in [6.45, 7) is 4.46. The van der Waals surface area contributed by atoms with E-state index in [2.05, 4.69) is 12.2 Å².